The molecule has 0 aromatic heterocycles. The smallest absolute Gasteiger partial charge is 0.330 e. The van der Waals surface area contributed by atoms with Gasteiger partial charge in [-0.1, -0.05) is 6.07 Å². The van der Waals surface area contributed by atoms with Crippen LogP contribution < -0.4 is 0 Å². The Hall–Kier alpha value is -1.28. The summed E-state index contributed by atoms with van der Waals surface area (Å²) in [5.74, 6) is -6.69. The van der Waals surface area contributed by atoms with E-state index in [1.165, 1.54) is 0 Å². The third-order valence-electron chi connectivity index (χ3n) is 2.22. The van der Waals surface area contributed by atoms with E-state index >= 15 is 0 Å². The van der Waals surface area contributed by atoms with Gasteiger partial charge in [-0.2, -0.15) is 8.78 Å². The van der Waals surface area contributed by atoms with Crippen LogP contribution in [0.1, 0.15) is 11.7 Å². The Morgan fingerprint density at radius 2 is 1.79 bits per heavy atom. The average Bonchev–Trinajstić information content (AvgIpc) is 2.32. The standard InChI is InChI=1S/C11H10F6O2/c12-7-2-1-6(3-8(7)13)9(18)4-19-5-11(16,17)10(14)15/h1-3,9-10,18H,4-5H2. The van der Waals surface area contributed by atoms with Gasteiger partial charge in [0.15, 0.2) is 11.6 Å². The van der Waals surface area contributed by atoms with Crippen LogP contribution in [0.5, 0.6) is 0 Å². The van der Waals surface area contributed by atoms with Crippen LogP contribution in [0, 0.1) is 11.6 Å². The quantitative estimate of drug-likeness (QED) is 0.816. The number of alkyl halides is 4. The van der Waals surface area contributed by atoms with Gasteiger partial charge in [0.25, 0.3) is 0 Å². The summed E-state index contributed by atoms with van der Waals surface area (Å²) < 4.78 is 78.1. The lowest BCUT2D eigenvalue weighted by Crippen LogP contribution is -2.33. The summed E-state index contributed by atoms with van der Waals surface area (Å²) >= 11 is 0. The molecule has 0 radical (unpaired) electrons. The molecule has 0 spiro atoms. The largest absolute Gasteiger partial charge is 0.386 e. The topological polar surface area (TPSA) is 29.5 Å². The number of rotatable bonds is 6. The number of hydrogen-bond acceptors (Lipinski definition) is 2. The van der Waals surface area contributed by atoms with Crippen LogP contribution in [0.25, 0.3) is 0 Å². The molecule has 1 N–H and O–H groups in total. The highest BCUT2D eigenvalue weighted by atomic mass is 19.3. The monoisotopic (exact) mass is 288 g/mol. The molecule has 1 rings (SSSR count). The minimum Gasteiger partial charge on any atom is -0.386 e. The third kappa shape index (κ3) is 4.39. The molecule has 0 amide bonds. The van der Waals surface area contributed by atoms with E-state index in [1.807, 2.05) is 0 Å². The van der Waals surface area contributed by atoms with Crippen LogP contribution >= 0.6 is 0 Å². The van der Waals surface area contributed by atoms with E-state index in [-0.39, 0.29) is 5.56 Å². The van der Waals surface area contributed by atoms with Gasteiger partial charge in [-0.15, -0.1) is 0 Å². The van der Waals surface area contributed by atoms with Crippen LogP contribution in [-0.2, 0) is 4.74 Å². The molecule has 19 heavy (non-hydrogen) atoms. The minimum atomic E-state index is -4.33. The first-order valence-corrected chi connectivity index (χ1v) is 5.11. The van der Waals surface area contributed by atoms with E-state index in [4.69, 9.17) is 0 Å². The Kier molecular flexibility index (Phi) is 5.19. The van der Waals surface area contributed by atoms with E-state index in [0.717, 1.165) is 12.1 Å². The molecule has 108 valence electrons. The van der Waals surface area contributed by atoms with Gasteiger partial charge in [-0.3, -0.25) is 0 Å². The first kappa shape index (κ1) is 15.8. The Morgan fingerprint density at radius 1 is 1.16 bits per heavy atom. The van der Waals surface area contributed by atoms with Gasteiger partial charge in [-0.05, 0) is 17.7 Å². The number of aliphatic hydroxyl groups excluding tert-OH is 1. The highest BCUT2D eigenvalue weighted by Gasteiger charge is 2.41. The molecule has 0 saturated heterocycles. The molecule has 0 heterocycles. The van der Waals surface area contributed by atoms with E-state index in [0.29, 0.717) is 6.07 Å². The molecule has 0 aliphatic rings. The highest BCUT2D eigenvalue weighted by Crippen LogP contribution is 2.24. The van der Waals surface area contributed by atoms with Crippen LogP contribution in [0.15, 0.2) is 18.2 Å². The molecule has 2 nitrogen and oxygen atoms in total. The van der Waals surface area contributed by atoms with E-state index in [2.05, 4.69) is 4.74 Å². The van der Waals surface area contributed by atoms with Gasteiger partial charge in [0.2, 0.25) is 0 Å². The molecule has 1 aromatic rings. The number of halogens is 6. The average molecular weight is 288 g/mol. The normalized spacial score (nSPS) is 13.9. The Bertz CT molecular complexity index is 424. The van der Waals surface area contributed by atoms with E-state index in [9.17, 15) is 31.4 Å². The molecule has 0 aliphatic heterocycles. The summed E-state index contributed by atoms with van der Waals surface area (Å²) in [6.07, 6.45) is -5.41. The summed E-state index contributed by atoms with van der Waals surface area (Å²) in [6.45, 7) is -2.32. The van der Waals surface area contributed by atoms with Crippen molar-refractivity contribution in [3.8, 4) is 0 Å². The summed E-state index contributed by atoms with van der Waals surface area (Å²) in [4.78, 5) is 0. The minimum absolute atomic E-state index is 0.112. The number of hydrogen-bond donors (Lipinski definition) is 1. The first-order chi connectivity index (χ1) is 8.74. The van der Waals surface area contributed by atoms with Crippen LogP contribution in [0.2, 0.25) is 0 Å². The molecule has 1 aromatic carbocycles. The number of benzene rings is 1. The molecule has 0 fully saturated rings. The lowest BCUT2D eigenvalue weighted by Gasteiger charge is -2.17. The molecule has 0 aliphatic carbocycles. The van der Waals surface area contributed by atoms with Gasteiger partial charge in [0, 0.05) is 0 Å². The van der Waals surface area contributed by atoms with Crippen molar-refractivity contribution >= 4 is 0 Å². The van der Waals surface area contributed by atoms with E-state index < -0.39 is 43.3 Å². The summed E-state index contributed by atoms with van der Waals surface area (Å²) in [5.41, 5.74) is -0.112. The maximum absolute atomic E-state index is 12.8. The van der Waals surface area contributed by atoms with Crippen molar-refractivity contribution in [1.29, 1.82) is 0 Å². The van der Waals surface area contributed by atoms with Crippen molar-refractivity contribution in [2.75, 3.05) is 13.2 Å². The Balaban J connectivity index is 2.52. The summed E-state index contributed by atoms with van der Waals surface area (Å²) in [7, 11) is 0. The lowest BCUT2D eigenvalue weighted by atomic mass is 10.1. The third-order valence-corrected chi connectivity index (χ3v) is 2.22. The second-order valence-electron chi connectivity index (χ2n) is 3.77. The van der Waals surface area contributed by atoms with Crippen molar-refractivity contribution < 1.29 is 36.2 Å². The fraction of sp³-hybridized carbons (Fsp3) is 0.455. The molecular weight excluding hydrogens is 278 g/mol. The van der Waals surface area contributed by atoms with Gasteiger partial charge >= 0.3 is 12.3 Å². The molecule has 1 unspecified atom stereocenters. The summed E-state index contributed by atoms with van der Waals surface area (Å²) in [6, 6.07) is 2.42. The van der Waals surface area contributed by atoms with Gasteiger partial charge < -0.3 is 9.84 Å². The maximum atomic E-state index is 12.8. The predicted molar refractivity (Wildman–Crippen MR) is 53.1 cm³/mol. The van der Waals surface area contributed by atoms with Crippen molar-refractivity contribution in [3.63, 3.8) is 0 Å². The molecule has 0 saturated carbocycles. The zero-order chi connectivity index (χ0) is 14.6. The predicted octanol–water partition coefficient (Wildman–Crippen LogP) is 2.92. The Labute approximate surface area is 104 Å². The van der Waals surface area contributed by atoms with Crippen molar-refractivity contribution in [2.45, 2.75) is 18.5 Å². The fourth-order valence-electron chi connectivity index (χ4n) is 1.19. The zero-order valence-corrected chi connectivity index (χ0v) is 9.42. The van der Waals surface area contributed by atoms with Crippen molar-refractivity contribution in [2.24, 2.45) is 0 Å². The number of ether oxygens (including phenoxy) is 1. The maximum Gasteiger partial charge on any atom is 0.330 e. The molecular formula is C11H10F6O2. The Morgan fingerprint density at radius 3 is 2.32 bits per heavy atom. The highest BCUT2D eigenvalue weighted by molar-refractivity contribution is 5.20. The van der Waals surface area contributed by atoms with Gasteiger partial charge in [-0.25, -0.2) is 17.6 Å². The van der Waals surface area contributed by atoms with Crippen LogP contribution in [0.3, 0.4) is 0 Å². The van der Waals surface area contributed by atoms with Gasteiger partial charge in [0.05, 0.1) is 6.61 Å². The zero-order valence-electron chi connectivity index (χ0n) is 9.42. The fourth-order valence-corrected chi connectivity index (χ4v) is 1.19. The van der Waals surface area contributed by atoms with Crippen LogP contribution in [-0.4, -0.2) is 30.7 Å². The van der Waals surface area contributed by atoms with E-state index in [1.54, 1.807) is 0 Å². The number of aliphatic hydroxyl groups is 1. The molecule has 1 atom stereocenters. The molecule has 0 bridgehead atoms. The lowest BCUT2D eigenvalue weighted by molar-refractivity contribution is -0.170. The summed E-state index contributed by atoms with van der Waals surface area (Å²) in [5, 5.41) is 9.42. The first-order valence-electron chi connectivity index (χ1n) is 5.11. The van der Waals surface area contributed by atoms with Gasteiger partial charge in [0.1, 0.15) is 12.7 Å². The second-order valence-corrected chi connectivity index (χ2v) is 3.77. The second kappa shape index (κ2) is 6.25. The van der Waals surface area contributed by atoms with Crippen molar-refractivity contribution in [1.82, 2.24) is 0 Å². The van der Waals surface area contributed by atoms with Crippen molar-refractivity contribution in [3.05, 3.63) is 35.4 Å². The SMILES string of the molecule is OC(COCC(F)(F)C(F)F)c1ccc(F)c(F)c1. The molecule has 8 heteroatoms. The van der Waals surface area contributed by atoms with Crippen LogP contribution in [0.4, 0.5) is 26.3 Å².